The van der Waals surface area contributed by atoms with Crippen LogP contribution in [0.2, 0.25) is 15.1 Å². The Morgan fingerprint density at radius 3 is 2.50 bits per heavy atom. The monoisotopic (exact) mass is 437 g/mol. The Labute approximate surface area is 180 Å². The second kappa shape index (κ2) is 7.75. The van der Waals surface area contributed by atoms with Crippen molar-refractivity contribution in [2.45, 2.75) is 32.9 Å². The Morgan fingerprint density at radius 2 is 1.82 bits per heavy atom. The van der Waals surface area contributed by atoms with Gasteiger partial charge in [0.2, 0.25) is 5.95 Å². The van der Waals surface area contributed by atoms with Crippen LogP contribution in [0.15, 0.2) is 30.3 Å². The van der Waals surface area contributed by atoms with E-state index in [2.05, 4.69) is 29.4 Å². The summed E-state index contributed by atoms with van der Waals surface area (Å²) in [5.74, 6) is 1.17. The van der Waals surface area contributed by atoms with Crippen LogP contribution < -0.4 is 4.90 Å². The van der Waals surface area contributed by atoms with Gasteiger partial charge in [0.1, 0.15) is 5.52 Å². The summed E-state index contributed by atoms with van der Waals surface area (Å²) in [6.45, 7) is 6.01. The van der Waals surface area contributed by atoms with Crippen molar-refractivity contribution in [3.8, 4) is 0 Å². The summed E-state index contributed by atoms with van der Waals surface area (Å²) in [7, 11) is 1.75. The lowest BCUT2D eigenvalue weighted by Gasteiger charge is -2.30. The fraction of sp³-hybridized carbons (Fsp3) is 0.381. The molecule has 3 aromatic rings. The molecule has 0 fully saturated rings. The van der Waals surface area contributed by atoms with Crippen molar-refractivity contribution in [1.82, 2.24) is 9.55 Å². The number of rotatable bonds is 4. The zero-order valence-electron chi connectivity index (χ0n) is 16.0. The average molecular weight is 439 g/mol. The predicted molar refractivity (Wildman–Crippen MR) is 117 cm³/mol. The molecule has 7 heteroatoms. The van der Waals surface area contributed by atoms with E-state index < -0.39 is 0 Å². The number of halogens is 3. The summed E-state index contributed by atoms with van der Waals surface area (Å²) < 4.78 is 8.05. The highest BCUT2D eigenvalue weighted by atomic mass is 35.5. The third-order valence-electron chi connectivity index (χ3n) is 5.23. The van der Waals surface area contributed by atoms with Gasteiger partial charge in [0.25, 0.3) is 0 Å². The fourth-order valence-corrected chi connectivity index (χ4v) is 4.75. The molecule has 0 spiro atoms. The smallest absolute Gasteiger partial charge is 0.211 e. The number of methoxy groups -OCH3 is 1. The minimum atomic E-state index is -0.0323. The maximum atomic E-state index is 6.54. The summed E-state index contributed by atoms with van der Waals surface area (Å²) in [5.41, 5.74) is 3.85. The van der Waals surface area contributed by atoms with Crippen molar-refractivity contribution in [3.05, 3.63) is 51.0 Å². The lowest BCUT2D eigenvalue weighted by atomic mass is 9.97. The molecule has 0 saturated heterocycles. The van der Waals surface area contributed by atoms with Crippen molar-refractivity contribution in [2.24, 2.45) is 5.92 Å². The number of imidazole rings is 1. The molecule has 0 amide bonds. The van der Waals surface area contributed by atoms with Gasteiger partial charge < -0.3 is 14.2 Å². The molecule has 0 radical (unpaired) electrons. The zero-order chi connectivity index (χ0) is 20.0. The molecular formula is C21H22Cl3N3O. The first-order valence-electron chi connectivity index (χ1n) is 9.36. The predicted octanol–water partition coefficient (Wildman–Crippen LogP) is 6.88. The van der Waals surface area contributed by atoms with Gasteiger partial charge in [-0.1, -0.05) is 54.7 Å². The first-order valence-corrected chi connectivity index (χ1v) is 10.5. The van der Waals surface area contributed by atoms with Crippen molar-refractivity contribution < 1.29 is 4.74 Å². The van der Waals surface area contributed by atoms with Crippen LogP contribution in [0.1, 0.15) is 31.9 Å². The van der Waals surface area contributed by atoms with Gasteiger partial charge in [0.15, 0.2) is 0 Å². The van der Waals surface area contributed by atoms with Gasteiger partial charge in [-0.25, -0.2) is 4.98 Å². The molecule has 28 heavy (non-hydrogen) atoms. The van der Waals surface area contributed by atoms with E-state index in [0.29, 0.717) is 21.0 Å². The number of aryl methyl sites for hydroxylation is 1. The zero-order valence-corrected chi connectivity index (χ0v) is 18.3. The molecule has 0 N–H and O–H groups in total. The molecule has 1 aromatic heterocycles. The summed E-state index contributed by atoms with van der Waals surface area (Å²) in [6, 6.07) is 9.52. The molecule has 4 rings (SSSR count). The summed E-state index contributed by atoms with van der Waals surface area (Å²) in [6.07, 6.45) is 0.943. The number of hydrogen-bond acceptors (Lipinski definition) is 3. The minimum Gasteiger partial charge on any atom is -0.376 e. The average Bonchev–Trinajstić information content (AvgIpc) is 3.05. The summed E-state index contributed by atoms with van der Waals surface area (Å²) in [5, 5.41) is 1.86. The van der Waals surface area contributed by atoms with Gasteiger partial charge in [0.05, 0.1) is 27.4 Å². The van der Waals surface area contributed by atoms with E-state index in [-0.39, 0.29) is 6.10 Å². The van der Waals surface area contributed by atoms with Crippen LogP contribution in [-0.4, -0.2) is 23.2 Å². The molecule has 0 saturated carbocycles. The number of fused-ring (bicyclic) bond motifs is 3. The topological polar surface area (TPSA) is 30.3 Å². The highest BCUT2D eigenvalue weighted by Crippen LogP contribution is 2.41. The van der Waals surface area contributed by atoms with E-state index in [9.17, 15) is 0 Å². The SMILES string of the molecule is COC(c1ccc(Cl)c2nc3n(c12)CCCN3c1ccc(Cl)cc1Cl)C(C)C. The number of benzene rings is 2. The van der Waals surface area contributed by atoms with Gasteiger partial charge in [-0.2, -0.15) is 0 Å². The van der Waals surface area contributed by atoms with Crippen LogP contribution in [0.4, 0.5) is 11.6 Å². The van der Waals surface area contributed by atoms with Crippen molar-refractivity contribution >= 4 is 57.5 Å². The molecule has 148 valence electrons. The molecule has 0 bridgehead atoms. The van der Waals surface area contributed by atoms with Gasteiger partial charge in [-0.15, -0.1) is 0 Å². The highest BCUT2D eigenvalue weighted by Gasteiger charge is 2.29. The van der Waals surface area contributed by atoms with Gasteiger partial charge >= 0.3 is 0 Å². The van der Waals surface area contributed by atoms with Crippen LogP contribution in [0.25, 0.3) is 11.0 Å². The van der Waals surface area contributed by atoms with Gasteiger partial charge in [-0.05, 0) is 36.6 Å². The number of hydrogen-bond donors (Lipinski definition) is 0. The fourth-order valence-electron chi connectivity index (χ4n) is 4.04. The third kappa shape index (κ3) is 3.26. The number of ether oxygens (including phenoxy) is 1. The second-order valence-electron chi connectivity index (χ2n) is 7.40. The number of anilines is 2. The largest absolute Gasteiger partial charge is 0.376 e. The molecule has 2 heterocycles. The van der Waals surface area contributed by atoms with Crippen LogP contribution in [0.5, 0.6) is 0 Å². The molecule has 0 aliphatic carbocycles. The Balaban J connectivity index is 1.94. The summed E-state index contributed by atoms with van der Waals surface area (Å²) in [4.78, 5) is 7.06. The Hall–Kier alpha value is -1.46. The highest BCUT2D eigenvalue weighted by molar-refractivity contribution is 6.36. The Bertz CT molecular complexity index is 1030. The van der Waals surface area contributed by atoms with Gasteiger partial charge in [0, 0.05) is 30.8 Å². The molecule has 2 aromatic carbocycles. The van der Waals surface area contributed by atoms with E-state index in [1.54, 1.807) is 13.2 Å². The van der Waals surface area contributed by atoms with E-state index in [4.69, 9.17) is 44.5 Å². The first-order chi connectivity index (χ1) is 13.4. The lowest BCUT2D eigenvalue weighted by Crippen LogP contribution is -2.28. The second-order valence-corrected chi connectivity index (χ2v) is 8.65. The van der Waals surface area contributed by atoms with E-state index in [1.807, 2.05) is 18.2 Å². The van der Waals surface area contributed by atoms with Crippen molar-refractivity contribution in [1.29, 1.82) is 0 Å². The molecule has 1 aliphatic rings. The van der Waals surface area contributed by atoms with Crippen LogP contribution >= 0.6 is 34.8 Å². The van der Waals surface area contributed by atoms with Crippen LogP contribution in [0.3, 0.4) is 0 Å². The Kier molecular flexibility index (Phi) is 5.49. The normalized spacial score (nSPS) is 15.3. The molecule has 1 unspecified atom stereocenters. The third-order valence-corrected chi connectivity index (χ3v) is 6.07. The van der Waals surface area contributed by atoms with Gasteiger partial charge in [-0.3, -0.25) is 0 Å². The maximum Gasteiger partial charge on any atom is 0.211 e. The maximum absolute atomic E-state index is 6.54. The molecule has 1 atom stereocenters. The molecule has 1 aliphatic heterocycles. The number of aromatic nitrogens is 2. The lowest BCUT2D eigenvalue weighted by molar-refractivity contribution is 0.0655. The molecular weight excluding hydrogens is 417 g/mol. The summed E-state index contributed by atoms with van der Waals surface area (Å²) >= 11 is 19.1. The van der Waals surface area contributed by atoms with Crippen molar-refractivity contribution in [2.75, 3.05) is 18.6 Å². The first kappa shape index (κ1) is 19.8. The molecule has 4 nitrogen and oxygen atoms in total. The van der Waals surface area contributed by atoms with E-state index in [1.165, 1.54) is 0 Å². The standard InChI is InChI=1S/C21H22Cl3N3O/c1-12(2)20(28-3)14-6-7-15(23)18-19(14)27-10-4-9-26(21(27)25-18)17-8-5-13(22)11-16(17)24/h5-8,11-12,20H,4,9-10H2,1-3H3. The quantitative estimate of drug-likeness (QED) is 0.444. The number of nitrogens with zero attached hydrogens (tertiary/aromatic N) is 3. The van der Waals surface area contributed by atoms with Crippen LogP contribution in [-0.2, 0) is 11.3 Å². The minimum absolute atomic E-state index is 0.0323. The van der Waals surface area contributed by atoms with Crippen molar-refractivity contribution in [3.63, 3.8) is 0 Å². The Morgan fingerprint density at radius 1 is 1.04 bits per heavy atom. The van der Waals surface area contributed by atoms with E-state index in [0.717, 1.165) is 47.7 Å². The van der Waals surface area contributed by atoms with E-state index >= 15 is 0 Å². The van der Waals surface area contributed by atoms with Crippen LogP contribution in [0, 0.1) is 5.92 Å².